The first-order valence-corrected chi connectivity index (χ1v) is 9.47. The molecule has 1 N–H and O–H groups in total. The molecule has 0 amide bonds. The molecular formula is C24H19F3N2O. The molecule has 1 unspecified atom stereocenters. The van der Waals surface area contributed by atoms with Crippen LogP contribution in [0.5, 0.6) is 0 Å². The van der Waals surface area contributed by atoms with E-state index >= 15 is 0 Å². The lowest BCUT2D eigenvalue weighted by Gasteiger charge is -2.14. The van der Waals surface area contributed by atoms with Crippen LogP contribution in [0, 0.1) is 0 Å². The zero-order chi connectivity index (χ0) is 21.1. The van der Waals surface area contributed by atoms with Gasteiger partial charge in [0.15, 0.2) is 0 Å². The van der Waals surface area contributed by atoms with E-state index in [1.54, 1.807) is 0 Å². The topological polar surface area (TPSA) is 38.1 Å². The first kappa shape index (κ1) is 19.8. The van der Waals surface area contributed by atoms with E-state index in [-0.39, 0.29) is 6.04 Å². The Balaban J connectivity index is 1.73. The van der Waals surface area contributed by atoms with Crippen molar-refractivity contribution in [3.05, 3.63) is 96.1 Å². The van der Waals surface area contributed by atoms with Crippen LogP contribution in [-0.4, -0.2) is 4.98 Å². The Bertz CT molecular complexity index is 1100. The number of aromatic nitrogens is 1. The summed E-state index contributed by atoms with van der Waals surface area (Å²) in [6, 6.07) is 24.0. The van der Waals surface area contributed by atoms with E-state index in [1.165, 1.54) is 12.1 Å². The van der Waals surface area contributed by atoms with Crippen molar-refractivity contribution in [2.45, 2.75) is 19.1 Å². The molecule has 0 saturated heterocycles. The van der Waals surface area contributed by atoms with Crippen LogP contribution in [0.4, 0.5) is 19.1 Å². The average Bonchev–Trinajstić information content (AvgIpc) is 3.18. The number of hydrogen-bond donors (Lipinski definition) is 1. The zero-order valence-corrected chi connectivity index (χ0v) is 16.1. The van der Waals surface area contributed by atoms with Gasteiger partial charge in [-0.2, -0.15) is 13.2 Å². The molecule has 0 spiro atoms. The van der Waals surface area contributed by atoms with Crippen molar-refractivity contribution in [3.63, 3.8) is 0 Å². The molecule has 0 aliphatic heterocycles. The Morgan fingerprint density at radius 1 is 0.800 bits per heavy atom. The minimum Gasteiger partial charge on any atom is -0.420 e. The molecule has 0 bridgehead atoms. The normalized spacial score (nSPS) is 12.5. The Hall–Kier alpha value is -3.54. The average molecular weight is 408 g/mol. The second kappa shape index (κ2) is 8.06. The number of rotatable bonds is 5. The smallest absolute Gasteiger partial charge is 0.416 e. The van der Waals surface area contributed by atoms with Crippen LogP contribution in [0.3, 0.4) is 0 Å². The highest BCUT2D eigenvalue weighted by Crippen LogP contribution is 2.36. The number of hydrogen-bond acceptors (Lipinski definition) is 3. The van der Waals surface area contributed by atoms with Gasteiger partial charge in [0.2, 0.25) is 11.8 Å². The van der Waals surface area contributed by atoms with Gasteiger partial charge >= 0.3 is 6.18 Å². The number of halogens is 3. The van der Waals surface area contributed by atoms with Gasteiger partial charge in [-0.25, -0.2) is 4.98 Å². The molecule has 1 atom stereocenters. The van der Waals surface area contributed by atoms with Crippen LogP contribution in [-0.2, 0) is 6.18 Å². The van der Waals surface area contributed by atoms with Gasteiger partial charge in [0.25, 0.3) is 0 Å². The minimum atomic E-state index is -4.39. The summed E-state index contributed by atoms with van der Waals surface area (Å²) < 4.78 is 44.8. The summed E-state index contributed by atoms with van der Waals surface area (Å²) in [5.74, 6) is 0.804. The largest absolute Gasteiger partial charge is 0.420 e. The van der Waals surface area contributed by atoms with E-state index < -0.39 is 11.7 Å². The zero-order valence-electron chi connectivity index (χ0n) is 16.1. The highest BCUT2D eigenvalue weighted by atomic mass is 19.4. The molecule has 0 radical (unpaired) electrons. The molecule has 1 heterocycles. The van der Waals surface area contributed by atoms with Crippen LogP contribution in [0.1, 0.15) is 24.1 Å². The molecule has 30 heavy (non-hydrogen) atoms. The van der Waals surface area contributed by atoms with E-state index in [2.05, 4.69) is 10.3 Å². The van der Waals surface area contributed by atoms with Gasteiger partial charge in [0.1, 0.15) is 5.69 Å². The fraction of sp³-hybridized carbons (Fsp3) is 0.125. The van der Waals surface area contributed by atoms with E-state index in [0.717, 1.165) is 23.3 Å². The van der Waals surface area contributed by atoms with E-state index in [9.17, 15) is 13.2 Å². The molecule has 4 aromatic rings. The molecule has 0 saturated carbocycles. The summed E-state index contributed by atoms with van der Waals surface area (Å²) in [5, 5.41) is 3.31. The third-order valence-corrected chi connectivity index (χ3v) is 4.78. The quantitative estimate of drug-likeness (QED) is 0.379. The third-order valence-electron chi connectivity index (χ3n) is 4.78. The van der Waals surface area contributed by atoms with Gasteiger partial charge in [-0.1, -0.05) is 60.7 Å². The lowest BCUT2D eigenvalue weighted by molar-refractivity contribution is -0.137. The maximum absolute atomic E-state index is 12.9. The Kier molecular flexibility index (Phi) is 5.31. The lowest BCUT2D eigenvalue weighted by atomic mass is 10.1. The Morgan fingerprint density at radius 2 is 1.40 bits per heavy atom. The Morgan fingerprint density at radius 3 is 2.00 bits per heavy atom. The second-order valence-electron chi connectivity index (χ2n) is 6.91. The number of benzene rings is 3. The molecule has 4 rings (SSSR count). The maximum atomic E-state index is 12.9. The number of alkyl halides is 3. The van der Waals surface area contributed by atoms with Crippen molar-refractivity contribution < 1.29 is 17.6 Å². The predicted molar refractivity (Wildman–Crippen MR) is 111 cm³/mol. The van der Waals surface area contributed by atoms with Gasteiger partial charge in [0, 0.05) is 11.1 Å². The summed E-state index contributed by atoms with van der Waals surface area (Å²) in [6.45, 7) is 1.98. The fourth-order valence-corrected chi connectivity index (χ4v) is 3.16. The molecule has 3 nitrogen and oxygen atoms in total. The maximum Gasteiger partial charge on any atom is 0.416 e. The number of nitrogens with zero attached hydrogens (tertiary/aromatic N) is 1. The monoisotopic (exact) mass is 408 g/mol. The minimum absolute atomic E-state index is 0.0871. The SMILES string of the molecule is CC(Nc1oc(-c2ccccc2)nc1-c1ccc(C(F)(F)F)cc1)c1ccccc1. The molecule has 1 aromatic heterocycles. The van der Waals surface area contributed by atoms with Crippen LogP contribution in [0.15, 0.2) is 89.3 Å². The van der Waals surface area contributed by atoms with Crippen molar-refractivity contribution >= 4 is 5.88 Å². The van der Waals surface area contributed by atoms with Crippen LogP contribution in [0.25, 0.3) is 22.7 Å². The number of anilines is 1. The summed E-state index contributed by atoms with van der Waals surface area (Å²) in [4.78, 5) is 4.58. The van der Waals surface area contributed by atoms with Gasteiger partial charge < -0.3 is 9.73 Å². The van der Waals surface area contributed by atoms with Crippen molar-refractivity contribution in [1.82, 2.24) is 4.98 Å². The molecule has 0 aliphatic rings. The summed E-state index contributed by atoms with van der Waals surface area (Å²) in [6.07, 6.45) is -4.39. The van der Waals surface area contributed by atoms with Crippen LogP contribution < -0.4 is 5.32 Å². The molecule has 152 valence electrons. The fourth-order valence-electron chi connectivity index (χ4n) is 3.16. The molecule has 0 fully saturated rings. The van der Waals surface area contributed by atoms with Crippen LogP contribution >= 0.6 is 0 Å². The highest BCUT2D eigenvalue weighted by molar-refractivity contribution is 5.74. The summed E-state index contributed by atoms with van der Waals surface area (Å²) >= 11 is 0. The third kappa shape index (κ3) is 4.22. The predicted octanol–water partition coefficient (Wildman–Crippen LogP) is 7.20. The van der Waals surface area contributed by atoms with E-state index in [4.69, 9.17) is 4.42 Å². The van der Waals surface area contributed by atoms with Crippen LogP contribution in [0.2, 0.25) is 0 Å². The van der Waals surface area contributed by atoms with Gasteiger partial charge in [-0.3, -0.25) is 0 Å². The standard InChI is InChI=1S/C24H19F3N2O/c1-16(17-8-4-2-5-9-17)28-23-21(18-12-14-20(15-13-18)24(25,26)27)29-22(30-23)19-10-6-3-7-11-19/h2-16,28H,1H3. The molecule has 6 heteroatoms. The number of nitrogens with one attached hydrogen (secondary N) is 1. The first-order valence-electron chi connectivity index (χ1n) is 9.47. The summed E-state index contributed by atoms with van der Waals surface area (Å²) in [5.41, 5.74) is 2.13. The van der Waals surface area contributed by atoms with Crippen molar-refractivity contribution in [1.29, 1.82) is 0 Å². The lowest BCUT2D eigenvalue weighted by Crippen LogP contribution is -2.07. The van der Waals surface area contributed by atoms with E-state index in [0.29, 0.717) is 23.0 Å². The molecule has 3 aromatic carbocycles. The van der Waals surface area contributed by atoms with Gasteiger partial charge in [-0.05, 0) is 36.8 Å². The summed E-state index contributed by atoms with van der Waals surface area (Å²) in [7, 11) is 0. The molecular weight excluding hydrogens is 389 g/mol. The second-order valence-corrected chi connectivity index (χ2v) is 6.91. The van der Waals surface area contributed by atoms with Crippen molar-refractivity contribution in [2.75, 3.05) is 5.32 Å². The van der Waals surface area contributed by atoms with Gasteiger partial charge in [-0.15, -0.1) is 0 Å². The van der Waals surface area contributed by atoms with Crippen molar-refractivity contribution in [2.24, 2.45) is 0 Å². The van der Waals surface area contributed by atoms with Gasteiger partial charge in [0.05, 0.1) is 11.6 Å². The van der Waals surface area contributed by atoms with E-state index in [1.807, 2.05) is 67.6 Å². The Labute approximate surface area is 172 Å². The number of oxazole rings is 1. The highest BCUT2D eigenvalue weighted by Gasteiger charge is 2.30. The van der Waals surface area contributed by atoms with Crippen molar-refractivity contribution in [3.8, 4) is 22.7 Å². The molecule has 0 aliphatic carbocycles. The first-order chi connectivity index (χ1) is 14.4.